The maximum atomic E-state index is 12.7. The van der Waals surface area contributed by atoms with E-state index in [0.717, 1.165) is 42.7 Å². The molecule has 3 amide bonds. The van der Waals surface area contributed by atoms with Crippen LogP contribution in [0.15, 0.2) is 24.3 Å². The van der Waals surface area contributed by atoms with Gasteiger partial charge in [-0.05, 0) is 25.0 Å². The minimum Gasteiger partial charge on any atom is -0.338 e. The van der Waals surface area contributed by atoms with Gasteiger partial charge in [-0.3, -0.25) is 4.79 Å². The zero-order valence-electron chi connectivity index (χ0n) is 17.5. The van der Waals surface area contributed by atoms with Crippen LogP contribution in [0.2, 0.25) is 0 Å². The molecule has 7 nitrogen and oxygen atoms in total. The number of hydrogen-bond acceptors (Lipinski definition) is 5. The van der Waals surface area contributed by atoms with Crippen molar-refractivity contribution >= 4 is 28.4 Å². The lowest BCUT2D eigenvalue weighted by Crippen LogP contribution is -2.42. The van der Waals surface area contributed by atoms with E-state index in [9.17, 15) is 22.8 Å². The number of nitrogens with zero attached hydrogens (tertiary/aromatic N) is 3. The SMILES string of the molecule is CCCCNC(=O)N(CCC)CCC(=O)Nc1nnc(-c2ccc(C(F)(F)F)cc2)s1. The lowest BCUT2D eigenvalue weighted by molar-refractivity contribution is -0.137. The van der Waals surface area contributed by atoms with E-state index < -0.39 is 11.7 Å². The lowest BCUT2D eigenvalue weighted by atomic mass is 10.1. The maximum Gasteiger partial charge on any atom is 0.416 e. The molecule has 0 saturated heterocycles. The fourth-order valence-electron chi connectivity index (χ4n) is 2.68. The average Bonchev–Trinajstić information content (AvgIpc) is 3.19. The second-order valence-corrected chi connectivity index (χ2v) is 7.84. The first-order chi connectivity index (χ1) is 14.7. The van der Waals surface area contributed by atoms with Gasteiger partial charge in [0.25, 0.3) is 0 Å². The molecule has 1 heterocycles. The van der Waals surface area contributed by atoms with Crippen molar-refractivity contribution in [3.05, 3.63) is 29.8 Å². The highest BCUT2D eigenvalue weighted by atomic mass is 32.1. The number of alkyl halides is 3. The Morgan fingerprint density at radius 2 is 1.77 bits per heavy atom. The van der Waals surface area contributed by atoms with Gasteiger partial charge in [0.15, 0.2) is 0 Å². The van der Waals surface area contributed by atoms with Crippen LogP contribution in [-0.2, 0) is 11.0 Å². The molecule has 0 aliphatic rings. The van der Waals surface area contributed by atoms with E-state index >= 15 is 0 Å². The molecule has 0 unspecified atom stereocenters. The van der Waals surface area contributed by atoms with E-state index in [1.165, 1.54) is 12.1 Å². The number of rotatable bonds is 10. The number of unbranched alkanes of at least 4 members (excludes halogenated alkanes) is 1. The van der Waals surface area contributed by atoms with Gasteiger partial charge in [-0.15, -0.1) is 10.2 Å². The third-order valence-electron chi connectivity index (χ3n) is 4.33. The molecule has 2 aromatic rings. The van der Waals surface area contributed by atoms with Crippen LogP contribution in [0.5, 0.6) is 0 Å². The predicted octanol–water partition coefficient (Wildman–Crippen LogP) is 4.77. The topological polar surface area (TPSA) is 87.2 Å². The van der Waals surface area contributed by atoms with Crippen LogP contribution < -0.4 is 10.6 Å². The van der Waals surface area contributed by atoms with Crippen LogP contribution in [0.25, 0.3) is 10.6 Å². The fraction of sp³-hybridized carbons (Fsp3) is 0.500. The standard InChI is InChI=1S/C20H26F3N5O2S/c1-3-5-11-24-19(30)28(12-4-2)13-10-16(29)25-18-27-26-17(31-18)14-6-8-15(9-7-14)20(21,22)23/h6-9H,3-5,10-13H2,1-2H3,(H,24,30)(H,25,27,29). The molecule has 0 aliphatic heterocycles. The summed E-state index contributed by atoms with van der Waals surface area (Å²) in [5.74, 6) is -0.322. The van der Waals surface area contributed by atoms with Gasteiger partial charge in [-0.1, -0.05) is 43.7 Å². The number of anilines is 1. The second-order valence-electron chi connectivity index (χ2n) is 6.86. The number of benzene rings is 1. The molecular weight excluding hydrogens is 431 g/mol. The monoisotopic (exact) mass is 457 g/mol. The Morgan fingerprint density at radius 1 is 1.06 bits per heavy atom. The highest BCUT2D eigenvalue weighted by molar-refractivity contribution is 7.18. The second kappa shape index (κ2) is 11.6. The Kier molecular flexibility index (Phi) is 9.22. The zero-order chi connectivity index (χ0) is 22.9. The van der Waals surface area contributed by atoms with Crippen LogP contribution in [0.4, 0.5) is 23.1 Å². The molecule has 2 N–H and O–H groups in total. The normalized spacial score (nSPS) is 11.3. The Bertz CT molecular complexity index is 855. The van der Waals surface area contributed by atoms with E-state index in [0.29, 0.717) is 23.7 Å². The number of halogens is 3. The first kappa shape index (κ1) is 24.6. The molecule has 2 rings (SSSR count). The van der Waals surface area contributed by atoms with Crippen molar-refractivity contribution in [2.75, 3.05) is 25.0 Å². The molecule has 0 spiro atoms. The van der Waals surface area contributed by atoms with Crippen molar-refractivity contribution in [2.24, 2.45) is 0 Å². The average molecular weight is 458 g/mol. The largest absolute Gasteiger partial charge is 0.416 e. The van der Waals surface area contributed by atoms with Crippen molar-refractivity contribution in [1.82, 2.24) is 20.4 Å². The lowest BCUT2D eigenvalue weighted by Gasteiger charge is -2.22. The third kappa shape index (κ3) is 7.82. The Balaban J connectivity index is 1.89. The van der Waals surface area contributed by atoms with E-state index in [1.807, 2.05) is 13.8 Å². The quantitative estimate of drug-likeness (QED) is 0.503. The van der Waals surface area contributed by atoms with Gasteiger partial charge in [-0.2, -0.15) is 13.2 Å². The predicted molar refractivity (Wildman–Crippen MR) is 114 cm³/mol. The summed E-state index contributed by atoms with van der Waals surface area (Å²) in [5.41, 5.74) is -0.270. The first-order valence-corrected chi connectivity index (χ1v) is 10.9. The van der Waals surface area contributed by atoms with Crippen LogP contribution >= 0.6 is 11.3 Å². The number of urea groups is 1. The van der Waals surface area contributed by atoms with Crippen molar-refractivity contribution in [3.8, 4) is 10.6 Å². The fourth-order valence-corrected chi connectivity index (χ4v) is 3.44. The van der Waals surface area contributed by atoms with Crippen molar-refractivity contribution in [1.29, 1.82) is 0 Å². The number of carbonyl (C=O) groups excluding carboxylic acids is 2. The number of carbonyl (C=O) groups is 2. The van der Waals surface area contributed by atoms with E-state index in [2.05, 4.69) is 20.8 Å². The Labute approximate surface area is 183 Å². The molecule has 170 valence electrons. The zero-order valence-corrected chi connectivity index (χ0v) is 18.3. The summed E-state index contributed by atoms with van der Waals surface area (Å²) in [6.45, 7) is 5.40. The van der Waals surface area contributed by atoms with Crippen LogP contribution in [0, 0.1) is 0 Å². The Morgan fingerprint density at radius 3 is 2.39 bits per heavy atom. The van der Waals surface area contributed by atoms with Crippen LogP contribution in [0.3, 0.4) is 0 Å². The molecular formula is C20H26F3N5O2S. The summed E-state index contributed by atoms with van der Waals surface area (Å²) in [6, 6.07) is 4.39. The number of nitrogens with one attached hydrogen (secondary N) is 2. The minimum absolute atomic E-state index is 0.0936. The van der Waals surface area contributed by atoms with Crippen molar-refractivity contribution < 1.29 is 22.8 Å². The van der Waals surface area contributed by atoms with E-state index in [-0.39, 0.29) is 30.0 Å². The van der Waals surface area contributed by atoms with E-state index in [4.69, 9.17) is 0 Å². The molecule has 0 bridgehead atoms. The smallest absolute Gasteiger partial charge is 0.338 e. The Hall–Kier alpha value is -2.69. The molecule has 0 fully saturated rings. The van der Waals surface area contributed by atoms with Crippen LogP contribution in [-0.4, -0.2) is 46.7 Å². The maximum absolute atomic E-state index is 12.7. The molecule has 0 aliphatic carbocycles. The number of aromatic nitrogens is 2. The molecule has 31 heavy (non-hydrogen) atoms. The summed E-state index contributed by atoms with van der Waals surface area (Å²) in [7, 11) is 0. The number of amides is 3. The summed E-state index contributed by atoms with van der Waals surface area (Å²) in [4.78, 5) is 26.1. The first-order valence-electron chi connectivity index (χ1n) is 10.1. The molecule has 0 atom stereocenters. The summed E-state index contributed by atoms with van der Waals surface area (Å²) >= 11 is 1.06. The van der Waals surface area contributed by atoms with Crippen molar-refractivity contribution in [3.63, 3.8) is 0 Å². The molecule has 1 aromatic heterocycles. The molecule has 0 saturated carbocycles. The van der Waals surface area contributed by atoms with Gasteiger partial charge in [0, 0.05) is 31.6 Å². The summed E-state index contributed by atoms with van der Waals surface area (Å²) in [6.07, 6.45) is -1.67. The molecule has 1 aromatic carbocycles. The third-order valence-corrected chi connectivity index (χ3v) is 5.21. The van der Waals surface area contributed by atoms with Gasteiger partial charge in [-0.25, -0.2) is 4.79 Å². The molecule has 11 heteroatoms. The van der Waals surface area contributed by atoms with Crippen molar-refractivity contribution in [2.45, 2.75) is 45.7 Å². The van der Waals surface area contributed by atoms with Crippen LogP contribution in [0.1, 0.15) is 45.1 Å². The summed E-state index contributed by atoms with van der Waals surface area (Å²) < 4.78 is 38.0. The van der Waals surface area contributed by atoms with Gasteiger partial charge < -0.3 is 15.5 Å². The highest BCUT2D eigenvalue weighted by Gasteiger charge is 2.30. The minimum atomic E-state index is -4.41. The van der Waals surface area contributed by atoms with Gasteiger partial charge in [0.1, 0.15) is 5.01 Å². The van der Waals surface area contributed by atoms with E-state index in [1.54, 1.807) is 4.90 Å². The molecule has 0 radical (unpaired) electrons. The van der Waals surface area contributed by atoms with Gasteiger partial charge >= 0.3 is 12.2 Å². The van der Waals surface area contributed by atoms with Gasteiger partial charge in [0.05, 0.1) is 5.56 Å². The van der Waals surface area contributed by atoms with Gasteiger partial charge in [0.2, 0.25) is 11.0 Å². The number of hydrogen-bond donors (Lipinski definition) is 2. The highest BCUT2D eigenvalue weighted by Crippen LogP contribution is 2.32. The summed E-state index contributed by atoms with van der Waals surface area (Å²) in [5, 5.41) is 13.9.